The molecule has 3 aromatic heterocycles. The van der Waals surface area contributed by atoms with Gasteiger partial charge in [0, 0.05) is 46.4 Å². The second-order valence-electron chi connectivity index (χ2n) is 10.4. The molecule has 8 nitrogen and oxygen atoms in total. The minimum absolute atomic E-state index is 0.306. The lowest BCUT2D eigenvalue weighted by molar-refractivity contribution is 0.140. The molecule has 212 valence electrons. The average molecular weight is 561 g/mol. The SMILES string of the molecule is Cc1nn(C)c(C)c1-c1cccc2c(CCCOc3cccc4ccccc34)c(OC(=O)O)n(Cc3ccccn3)c12. The minimum Gasteiger partial charge on any atom is -0.493 e. The molecule has 0 aliphatic carbocycles. The van der Waals surface area contributed by atoms with Gasteiger partial charge in [0.1, 0.15) is 5.75 Å². The van der Waals surface area contributed by atoms with Crippen LogP contribution in [0.25, 0.3) is 32.8 Å². The van der Waals surface area contributed by atoms with E-state index in [1.54, 1.807) is 6.20 Å². The lowest BCUT2D eigenvalue weighted by Crippen LogP contribution is -2.11. The van der Waals surface area contributed by atoms with Crippen LogP contribution in [0, 0.1) is 13.8 Å². The highest BCUT2D eigenvalue weighted by atomic mass is 16.7. The topological polar surface area (TPSA) is 91.4 Å². The van der Waals surface area contributed by atoms with Crippen molar-refractivity contribution in [3.63, 3.8) is 0 Å². The first kappa shape index (κ1) is 27.1. The zero-order chi connectivity index (χ0) is 29.2. The molecule has 6 rings (SSSR count). The van der Waals surface area contributed by atoms with E-state index in [-0.39, 0.29) is 0 Å². The molecule has 0 unspecified atom stereocenters. The van der Waals surface area contributed by atoms with E-state index in [9.17, 15) is 9.90 Å². The highest BCUT2D eigenvalue weighted by Crippen LogP contribution is 2.41. The Kier molecular flexibility index (Phi) is 7.35. The molecule has 0 amide bonds. The van der Waals surface area contributed by atoms with Crippen LogP contribution in [-0.4, -0.2) is 37.2 Å². The first-order valence-corrected chi connectivity index (χ1v) is 14.0. The summed E-state index contributed by atoms with van der Waals surface area (Å²) in [5, 5.41) is 17.6. The summed E-state index contributed by atoms with van der Waals surface area (Å²) in [6.07, 6.45) is 1.61. The predicted octanol–water partition coefficient (Wildman–Crippen LogP) is 7.32. The number of hydrogen-bond donors (Lipinski definition) is 1. The summed E-state index contributed by atoms with van der Waals surface area (Å²) in [5.41, 5.74) is 6.44. The molecule has 0 fully saturated rings. The van der Waals surface area contributed by atoms with E-state index in [0.29, 0.717) is 31.9 Å². The zero-order valence-corrected chi connectivity index (χ0v) is 23.9. The lowest BCUT2D eigenvalue weighted by atomic mass is 9.99. The number of carboxylic acid groups (broad SMARTS) is 1. The largest absolute Gasteiger partial charge is 0.512 e. The predicted molar refractivity (Wildman–Crippen MR) is 163 cm³/mol. The highest BCUT2D eigenvalue weighted by molar-refractivity contribution is 5.99. The number of pyridine rings is 1. The summed E-state index contributed by atoms with van der Waals surface area (Å²) >= 11 is 0. The van der Waals surface area contributed by atoms with E-state index in [2.05, 4.69) is 34.3 Å². The van der Waals surface area contributed by atoms with Gasteiger partial charge in [-0.25, -0.2) is 4.79 Å². The van der Waals surface area contributed by atoms with E-state index in [0.717, 1.165) is 61.2 Å². The molecule has 3 aromatic carbocycles. The summed E-state index contributed by atoms with van der Waals surface area (Å²) in [7, 11) is 1.93. The molecule has 42 heavy (non-hydrogen) atoms. The maximum atomic E-state index is 12.0. The second-order valence-corrected chi connectivity index (χ2v) is 10.4. The van der Waals surface area contributed by atoms with Gasteiger partial charge in [0.15, 0.2) is 0 Å². The first-order chi connectivity index (χ1) is 20.4. The van der Waals surface area contributed by atoms with Crippen molar-refractivity contribution in [2.75, 3.05) is 6.61 Å². The van der Waals surface area contributed by atoms with Crippen molar-refractivity contribution in [2.24, 2.45) is 7.05 Å². The van der Waals surface area contributed by atoms with Crippen molar-refractivity contribution < 1.29 is 19.4 Å². The molecule has 0 radical (unpaired) electrons. The number of fused-ring (bicyclic) bond motifs is 2. The van der Waals surface area contributed by atoms with Gasteiger partial charge in [0.05, 0.1) is 30.1 Å². The van der Waals surface area contributed by atoms with Crippen LogP contribution in [0.15, 0.2) is 85.1 Å². The molecule has 0 aliphatic heterocycles. The van der Waals surface area contributed by atoms with Gasteiger partial charge in [-0.1, -0.05) is 60.7 Å². The smallest absolute Gasteiger partial charge is 0.493 e. The Morgan fingerprint density at radius 2 is 1.69 bits per heavy atom. The van der Waals surface area contributed by atoms with Crippen molar-refractivity contribution in [3.05, 3.63) is 108 Å². The maximum absolute atomic E-state index is 12.0. The van der Waals surface area contributed by atoms with Gasteiger partial charge in [-0.05, 0) is 50.3 Å². The Labute approximate surface area is 243 Å². The molecule has 0 spiro atoms. The molecule has 6 aromatic rings. The molecule has 0 saturated carbocycles. The third-order valence-electron chi connectivity index (χ3n) is 7.72. The van der Waals surface area contributed by atoms with Crippen LogP contribution in [0.3, 0.4) is 0 Å². The zero-order valence-electron chi connectivity index (χ0n) is 23.9. The normalized spacial score (nSPS) is 11.3. The summed E-state index contributed by atoms with van der Waals surface area (Å²) in [6.45, 7) is 4.85. The van der Waals surface area contributed by atoms with Gasteiger partial charge in [-0.3, -0.25) is 9.67 Å². The quantitative estimate of drug-likeness (QED) is 0.147. The summed E-state index contributed by atoms with van der Waals surface area (Å²) < 4.78 is 15.6. The molecule has 0 aliphatic rings. The fourth-order valence-corrected chi connectivity index (χ4v) is 5.82. The van der Waals surface area contributed by atoms with E-state index in [4.69, 9.17) is 9.47 Å². The highest BCUT2D eigenvalue weighted by Gasteiger charge is 2.25. The molecular formula is C34H32N4O4. The summed E-state index contributed by atoms with van der Waals surface area (Å²) in [5.74, 6) is 1.14. The molecule has 1 N–H and O–H groups in total. The number of carbonyl (C=O) groups is 1. The summed E-state index contributed by atoms with van der Waals surface area (Å²) in [6, 6.07) is 26.0. The van der Waals surface area contributed by atoms with Crippen LogP contribution in [0.4, 0.5) is 4.79 Å². The molecule has 3 heterocycles. The van der Waals surface area contributed by atoms with Crippen molar-refractivity contribution in [3.8, 4) is 22.8 Å². The number of rotatable bonds is 9. The number of benzene rings is 3. The Balaban J connectivity index is 1.43. The Hall–Kier alpha value is -5.11. The van der Waals surface area contributed by atoms with Crippen LogP contribution >= 0.6 is 0 Å². The van der Waals surface area contributed by atoms with Crippen LogP contribution < -0.4 is 9.47 Å². The Morgan fingerprint density at radius 3 is 2.45 bits per heavy atom. The summed E-state index contributed by atoms with van der Waals surface area (Å²) in [4.78, 5) is 16.5. The minimum atomic E-state index is -1.36. The average Bonchev–Trinajstić information content (AvgIpc) is 3.42. The molecule has 0 bridgehead atoms. The standard InChI is InChI=1S/C34H32N4O4/c1-22-31(23(2)37(3)36-22)29-16-9-15-27-28(17-10-20-41-30-18-8-12-24-11-4-5-14-26(24)30)33(42-34(39)40)38(32(27)29)21-25-13-6-7-19-35-25/h4-9,11-16,18-19H,10,17,20-21H2,1-3H3,(H,39,40). The van der Waals surface area contributed by atoms with E-state index in [1.807, 2.05) is 84.7 Å². The fraction of sp³-hybridized carbons (Fsp3) is 0.206. The van der Waals surface area contributed by atoms with Crippen molar-refractivity contribution >= 4 is 27.8 Å². The van der Waals surface area contributed by atoms with Gasteiger partial charge >= 0.3 is 6.16 Å². The van der Waals surface area contributed by atoms with Crippen molar-refractivity contribution in [1.29, 1.82) is 0 Å². The number of ether oxygens (including phenoxy) is 2. The van der Waals surface area contributed by atoms with Crippen molar-refractivity contribution in [2.45, 2.75) is 33.2 Å². The van der Waals surface area contributed by atoms with Crippen LogP contribution in [0.1, 0.15) is 29.1 Å². The number of aromatic nitrogens is 4. The fourth-order valence-electron chi connectivity index (χ4n) is 5.82. The van der Waals surface area contributed by atoms with Crippen LogP contribution in [0.2, 0.25) is 0 Å². The van der Waals surface area contributed by atoms with Gasteiger partial charge in [0.2, 0.25) is 5.88 Å². The second kappa shape index (κ2) is 11.4. The number of aryl methyl sites for hydroxylation is 3. The lowest BCUT2D eigenvalue weighted by Gasteiger charge is -2.13. The molecule has 0 atom stereocenters. The first-order valence-electron chi connectivity index (χ1n) is 14.0. The number of hydrogen-bond acceptors (Lipinski definition) is 5. The van der Waals surface area contributed by atoms with E-state index >= 15 is 0 Å². The third kappa shape index (κ3) is 5.07. The third-order valence-corrected chi connectivity index (χ3v) is 7.72. The number of nitrogens with zero attached hydrogens (tertiary/aromatic N) is 4. The Bertz CT molecular complexity index is 1900. The van der Waals surface area contributed by atoms with Crippen LogP contribution in [-0.2, 0) is 20.0 Å². The maximum Gasteiger partial charge on any atom is 0.512 e. The van der Waals surface area contributed by atoms with Gasteiger partial charge in [-0.15, -0.1) is 0 Å². The monoisotopic (exact) mass is 560 g/mol. The number of para-hydroxylation sites is 1. The molecule has 8 heteroatoms. The van der Waals surface area contributed by atoms with E-state index < -0.39 is 6.16 Å². The van der Waals surface area contributed by atoms with Gasteiger partial charge < -0.3 is 19.1 Å². The Morgan fingerprint density at radius 1 is 0.929 bits per heavy atom. The van der Waals surface area contributed by atoms with Gasteiger partial charge in [0.25, 0.3) is 0 Å². The molecular weight excluding hydrogens is 528 g/mol. The molecule has 0 saturated heterocycles. The van der Waals surface area contributed by atoms with Crippen molar-refractivity contribution in [1.82, 2.24) is 19.3 Å². The van der Waals surface area contributed by atoms with E-state index in [1.165, 1.54) is 0 Å². The van der Waals surface area contributed by atoms with Gasteiger partial charge in [-0.2, -0.15) is 5.10 Å². The van der Waals surface area contributed by atoms with Crippen LogP contribution in [0.5, 0.6) is 11.6 Å².